The molecule has 0 spiro atoms. The van der Waals surface area contributed by atoms with Gasteiger partial charge in [0, 0.05) is 17.2 Å². The van der Waals surface area contributed by atoms with E-state index in [0.29, 0.717) is 0 Å². The maximum Gasteiger partial charge on any atom is 0.212 e. The highest BCUT2D eigenvalue weighted by Crippen LogP contribution is 2.33. The molecule has 1 heteroatoms. The highest BCUT2D eigenvalue weighted by Gasteiger charge is 2.28. The van der Waals surface area contributed by atoms with E-state index < -0.39 is 0 Å². The standard InChI is InChI=1S/C20H28N/c1-7-20(5,8-2)18-14-21(6)19(13-16(18)4)17-12-10-9-11-15(17)3/h9-14H,7-8H2,1-6H3/q+1. The van der Waals surface area contributed by atoms with E-state index in [0.717, 1.165) is 0 Å². The van der Waals surface area contributed by atoms with Crippen LogP contribution in [0.4, 0.5) is 0 Å². The van der Waals surface area contributed by atoms with Crippen LogP contribution in [0.15, 0.2) is 36.5 Å². The molecule has 0 saturated carbocycles. The van der Waals surface area contributed by atoms with Crippen LogP contribution in [0.2, 0.25) is 0 Å². The Labute approximate surface area is 129 Å². The van der Waals surface area contributed by atoms with Gasteiger partial charge < -0.3 is 0 Å². The van der Waals surface area contributed by atoms with Gasteiger partial charge in [0.2, 0.25) is 5.69 Å². The minimum atomic E-state index is 0.270. The van der Waals surface area contributed by atoms with Gasteiger partial charge in [-0.15, -0.1) is 0 Å². The molecule has 0 atom stereocenters. The molecule has 0 fully saturated rings. The smallest absolute Gasteiger partial charge is 0.201 e. The summed E-state index contributed by atoms with van der Waals surface area (Å²) in [5.74, 6) is 0. The third-order valence-corrected chi connectivity index (χ3v) is 5.11. The average Bonchev–Trinajstić information content (AvgIpc) is 2.49. The predicted molar refractivity (Wildman–Crippen MR) is 90.5 cm³/mol. The molecule has 1 aromatic heterocycles. The first-order valence-corrected chi connectivity index (χ1v) is 7.99. The maximum absolute atomic E-state index is 2.38. The van der Waals surface area contributed by atoms with Gasteiger partial charge in [-0.1, -0.05) is 39.0 Å². The Balaban J connectivity index is 2.60. The van der Waals surface area contributed by atoms with Crippen LogP contribution in [-0.2, 0) is 12.5 Å². The lowest BCUT2D eigenvalue weighted by atomic mass is 9.76. The molecule has 0 unspecified atom stereocenters. The van der Waals surface area contributed by atoms with E-state index in [2.05, 4.69) is 82.8 Å². The Morgan fingerprint density at radius 1 is 1.00 bits per heavy atom. The molecule has 0 N–H and O–H groups in total. The third kappa shape index (κ3) is 2.88. The normalized spacial score (nSPS) is 11.7. The van der Waals surface area contributed by atoms with Gasteiger partial charge in [0.1, 0.15) is 7.05 Å². The van der Waals surface area contributed by atoms with E-state index >= 15 is 0 Å². The van der Waals surface area contributed by atoms with Crippen LogP contribution in [0.3, 0.4) is 0 Å². The van der Waals surface area contributed by atoms with Crippen molar-refractivity contribution in [1.29, 1.82) is 0 Å². The molecule has 1 nitrogen and oxygen atoms in total. The second-order valence-electron chi connectivity index (χ2n) is 6.45. The molecular formula is C20H28N+. The number of aryl methyl sites for hydroxylation is 3. The number of aromatic nitrogens is 1. The van der Waals surface area contributed by atoms with Gasteiger partial charge in [0.15, 0.2) is 6.20 Å². The topological polar surface area (TPSA) is 3.88 Å². The fourth-order valence-corrected chi connectivity index (χ4v) is 3.14. The Morgan fingerprint density at radius 2 is 1.62 bits per heavy atom. The number of pyridine rings is 1. The first-order chi connectivity index (χ1) is 9.92. The molecule has 2 rings (SSSR count). The lowest BCUT2D eigenvalue weighted by Crippen LogP contribution is -2.35. The van der Waals surface area contributed by atoms with Crippen LogP contribution in [0, 0.1) is 13.8 Å². The fraction of sp³-hybridized carbons (Fsp3) is 0.450. The van der Waals surface area contributed by atoms with Crippen molar-refractivity contribution >= 4 is 0 Å². The van der Waals surface area contributed by atoms with Crippen molar-refractivity contribution in [2.45, 2.75) is 52.9 Å². The summed E-state index contributed by atoms with van der Waals surface area (Å²) in [6, 6.07) is 11.0. The van der Waals surface area contributed by atoms with Gasteiger partial charge in [0.05, 0.1) is 0 Å². The molecular weight excluding hydrogens is 254 g/mol. The van der Waals surface area contributed by atoms with Crippen LogP contribution < -0.4 is 4.57 Å². The Morgan fingerprint density at radius 3 is 2.19 bits per heavy atom. The van der Waals surface area contributed by atoms with Crippen LogP contribution in [0.25, 0.3) is 11.3 Å². The summed E-state index contributed by atoms with van der Waals surface area (Å²) in [7, 11) is 2.16. The Bertz CT molecular complexity index is 636. The molecule has 0 amide bonds. The minimum absolute atomic E-state index is 0.270. The molecule has 1 aromatic carbocycles. The second kappa shape index (κ2) is 6.01. The van der Waals surface area contributed by atoms with Crippen molar-refractivity contribution in [1.82, 2.24) is 0 Å². The van der Waals surface area contributed by atoms with Gasteiger partial charge in [-0.05, 0) is 49.3 Å². The first-order valence-electron chi connectivity index (χ1n) is 7.99. The van der Waals surface area contributed by atoms with Crippen molar-refractivity contribution in [3.8, 4) is 11.3 Å². The zero-order valence-corrected chi connectivity index (χ0v) is 14.3. The molecule has 0 aliphatic heterocycles. The predicted octanol–water partition coefficient (Wildman–Crippen LogP) is 4.87. The van der Waals surface area contributed by atoms with E-state index in [1.54, 1.807) is 0 Å². The number of benzene rings is 1. The van der Waals surface area contributed by atoms with Crippen LogP contribution in [0.5, 0.6) is 0 Å². The van der Waals surface area contributed by atoms with Crippen molar-refractivity contribution in [3.63, 3.8) is 0 Å². The lowest BCUT2D eigenvalue weighted by Gasteiger charge is -2.28. The minimum Gasteiger partial charge on any atom is -0.201 e. The fourth-order valence-electron chi connectivity index (χ4n) is 3.14. The first kappa shape index (κ1) is 15.8. The molecule has 21 heavy (non-hydrogen) atoms. The summed E-state index contributed by atoms with van der Waals surface area (Å²) < 4.78 is 2.29. The van der Waals surface area contributed by atoms with Crippen LogP contribution >= 0.6 is 0 Å². The largest absolute Gasteiger partial charge is 0.212 e. The van der Waals surface area contributed by atoms with Crippen molar-refractivity contribution in [2.75, 3.05) is 0 Å². The molecule has 1 heterocycles. The monoisotopic (exact) mass is 282 g/mol. The van der Waals surface area contributed by atoms with Crippen molar-refractivity contribution in [3.05, 3.63) is 53.2 Å². The zero-order valence-electron chi connectivity index (χ0n) is 14.3. The van der Waals surface area contributed by atoms with E-state index in [1.165, 1.54) is 40.8 Å². The summed E-state index contributed by atoms with van der Waals surface area (Å²) in [4.78, 5) is 0. The Hall–Kier alpha value is -1.63. The van der Waals surface area contributed by atoms with E-state index in [-0.39, 0.29) is 5.41 Å². The van der Waals surface area contributed by atoms with Crippen LogP contribution in [0.1, 0.15) is 50.3 Å². The molecule has 0 radical (unpaired) electrons. The molecule has 112 valence electrons. The highest BCUT2D eigenvalue weighted by atomic mass is 14.9. The van der Waals surface area contributed by atoms with Gasteiger partial charge >= 0.3 is 0 Å². The second-order valence-corrected chi connectivity index (χ2v) is 6.45. The van der Waals surface area contributed by atoms with E-state index in [1.807, 2.05) is 0 Å². The molecule has 0 aliphatic rings. The Kier molecular flexibility index (Phi) is 4.51. The van der Waals surface area contributed by atoms with Crippen molar-refractivity contribution < 1.29 is 4.57 Å². The number of hydrogen-bond donors (Lipinski definition) is 0. The summed E-state index contributed by atoms with van der Waals surface area (Å²) in [5, 5.41) is 0. The summed E-state index contributed by atoms with van der Waals surface area (Å²) in [6.45, 7) is 11.4. The lowest BCUT2D eigenvalue weighted by molar-refractivity contribution is -0.661. The van der Waals surface area contributed by atoms with Gasteiger partial charge in [0.25, 0.3) is 0 Å². The third-order valence-electron chi connectivity index (χ3n) is 5.11. The quantitative estimate of drug-likeness (QED) is 0.704. The summed E-state index contributed by atoms with van der Waals surface area (Å²) in [6.07, 6.45) is 4.69. The zero-order chi connectivity index (χ0) is 15.6. The highest BCUT2D eigenvalue weighted by molar-refractivity contribution is 5.61. The number of hydrogen-bond acceptors (Lipinski definition) is 0. The average molecular weight is 282 g/mol. The number of nitrogens with zero attached hydrogens (tertiary/aromatic N) is 1. The summed E-state index contributed by atoms with van der Waals surface area (Å²) in [5.41, 5.74) is 7.10. The van der Waals surface area contributed by atoms with Gasteiger partial charge in [-0.25, -0.2) is 4.57 Å². The molecule has 0 bridgehead atoms. The maximum atomic E-state index is 2.38. The molecule has 0 aliphatic carbocycles. The summed E-state index contributed by atoms with van der Waals surface area (Å²) >= 11 is 0. The SMILES string of the molecule is CCC(C)(CC)c1c[n+](C)c(-c2ccccc2C)cc1C. The van der Waals surface area contributed by atoms with Gasteiger partial charge in [-0.3, -0.25) is 0 Å². The van der Waals surface area contributed by atoms with E-state index in [9.17, 15) is 0 Å². The van der Waals surface area contributed by atoms with Crippen molar-refractivity contribution in [2.24, 2.45) is 7.05 Å². The number of rotatable bonds is 4. The molecule has 0 saturated heterocycles. The molecule has 2 aromatic rings. The van der Waals surface area contributed by atoms with Gasteiger partial charge in [-0.2, -0.15) is 0 Å². The van der Waals surface area contributed by atoms with Crippen LogP contribution in [-0.4, -0.2) is 0 Å². The van der Waals surface area contributed by atoms with E-state index in [4.69, 9.17) is 0 Å².